The highest BCUT2D eigenvalue weighted by atomic mass is 16.6. The number of hydrogen-bond donors (Lipinski definition) is 2. The number of likely N-dealkylation sites (N-methyl/N-ethyl adjacent to an activating group) is 1. The Bertz CT molecular complexity index is 1210. The lowest BCUT2D eigenvalue weighted by atomic mass is 9.48. The van der Waals surface area contributed by atoms with Crippen LogP contribution in [0.1, 0.15) is 40.7 Å². The van der Waals surface area contributed by atoms with Crippen LogP contribution in [0.15, 0.2) is 42.5 Å². The second-order valence-corrected chi connectivity index (χ2v) is 9.71. The molecular formula is C26H27NO6. The molecule has 0 aromatic heterocycles. The van der Waals surface area contributed by atoms with Crippen molar-refractivity contribution < 1.29 is 29.2 Å². The summed E-state index contributed by atoms with van der Waals surface area (Å²) < 4.78 is 17.4. The molecule has 2 N–H and O–H groups in total. The van der Waals surface area contributed by atoms with Gasteiger partial charge >= 0.3 is 5.97 Å². The van der Waals surface area contributed by atoms with Gasteiger partial charge in [-0.15, -0.1) is 0 Å². The van der Waals surface area contributed by atoms with E-state index in [9.17, 15) is 15.0 Å². The molecule has 0 amide bonds. The van der Waals surface area contributed by atoms with Crippen LogP contribution in [0.4, 0.5) is 0 Å². The van der Waals surface area contributed by atoms with Gasteiger partial charge < -0.3 is 29.3 Å². The highest BCUT2D eigenvalue weighted by Crippen LogP contribution is 2.66. The largest absolute Gasteiger partial charge is 0.504 e. The zero-order valence-electron chi connectivity index (χ0n) is 18.8. The minimum atomic E-state index is -0.920. The normalized spacial score (nSPS) is 31.5. The third-order valence-electron chi connectivity index (χ3n) is 8.28. The molecule has 1 spiro atoms. The molecule has 1 saturated heterocycles. The van der Waals surface area contributed by atoms with E-state index < -0.39 is 17.0 Å². The van der Waals surface area contributed by atoms with E-state index >= 15 is 0 Å². The SMILES string of the molecule is C=C1CC[C@@]2(O)C3Cc4ccc(OC(=O)c5ccc(O)c(OC)c5)c5c4C2(CCN3C)C1O5. The molecule has 7 nitrogen and oxygen atoms in total. The first-order chi connectivity index (χ1) is 15.8. The van der Waals surface area contributed by atoms with Crippen molar-refractivity contribution in [2.75, 3.05) is 20.7 Å². The van der Waals surface area contributed by atoms with Crippen LogP contribution in [0.25, 0.3) is 0 Å². The zero-order chi connectivity index (χ0) is 23.1. The number of likely N-dealkylation sites (tertiary alicyclic amines) is 1. The first-order valence-electron chi connectivity index (χ1n) is 11.3. The van der Waals surface area contributed by atoms with Crippen LogP contribution in [0.3, 0.4) is 0 Å². The van der Waals surface area contributed by atoms with Crippen molar-refractivity contribution in [2.24, 2.45) is 0 Å². The Kier molecular flexibility index (Phi) is 4.20. The van der Waals surface area contributed by atoms with Crippen LogP contribution in [0, 0.1) is 0 Å². The number of ether oxygens (including phenoxy) is 3. The number of benzene rings is 2. The third-order valence-corrected chi connectivity index (χ3v) is 8.28. The monoisotopic (exact) mass is 449 g/mol. The molecule has 4 aliphatic rings. The lowest BCUT2D eigenvalue weighted by Crippen LogP contribution is -2.74. The van der Waals surface area contributed by atoms with Gasteiger partial charge in [-0.3, -0.25) is 0 Å². The predicted molar refractivity (Wildman–Crippen MR) is 120 cm³/mol. The Labute approximate surface area is 192 Å². The number of aromatic hydroxyl groups is 1. The summed E-state index contributed by atoms with van der Waals surface area (Å²) in [5, 5.41) is 22.0. The summed E-state index contributed by atoms with van der Waals surface area (Å²) in [4.78, 5) is 15.2. The summed E-state index contributed by atoms with van der Waals surface area (Å²) in [5.74, 6) is 0.441. The van der Waals surface area contributed by atoms with Gasteiger partial charge in [-0.05, 0) is 74.7 Å². The smallest absolute Gasteiger partial charge is 0.343 e. The maximum absolute atomic E-state index is 13.0. The lowest BCUT2D eigenvalue weighted by molar-refractivity contribution is -0.168. The molecule has 2 aliphatic carbocycles. The number of hydrogen-bond acceptors (Lipinski definition) is 7. The predicted octanol–water partition coefficient (Wildman–Crippen LogP) is 2.96. The summed E-state index contributed by atoms with van der Waals surface area (Å²) in [6, 6.07) is 8.11. The number of phenols is 1. The number of carbonyl (C=O) groups is 1. The van der Waals surface area contributed by atoms with Crippen molar-refractivity contribution in [1.82, 2.24) is 4.90 Å². The summed E-state index contributed by atoms with van der Waals surface area (Å²) in [5.41, 5.74) is 1.85. The van der Waals surface area contributed by atoms with Crippen molar-refractivity contribution in [2.45, 2.75) is 48.8 Å². The van der Waals surface area contributed by atoms with E-state index in [0.29, 0.717) is 24.3 Å². The fourth-order valence-electron chi connectivity index (χ4n) is 6.70. The van der Waals surface area contributed by atoms with E-state index in [1.807, 2.05) is 6.07 Å². The first-order valence-corrected chi connectivity index (χ1v) is 11.3. The summed E-state index contributed by atoms with van der Waals surface area (Å²) in [6.07, 6.45) is 2.50. The maximum Gasteiger partial charge on any atom is 0.343 e. The van der Waals surface area contributed by atoms with E-state index in [0.717, 1.165) is 36.1 Å². The Morgan fingerprint density at radius 1 is 1.24 bits per heavy atom. The number of carbonyl (C=O) groups excluding carboxylic acids is 1. The molecule has 1 saturated carbocycles. The van der Waals surface area contributed by atoms with E-state index in [1.54, 1.807) is 6.07 Å². The Hall–Kier alpha value is -3.03. The van der Waals surface area contributed by atoms with Crippen LogP contribution in [0.2, 0.25) is 0 Å². The highest BCUT2D eigenvalue weighted by Gasteiger charge is 2.71. The van der Waals surface area contributed by atoms with Crippen molar-refractivity contribution in [3.8, 4) is 23.0 Å². The minimum Gasteiger partial charge on any atom is -0.504 e. The van der Waals surface area contributed by atoms with Crippen LogP contribution >= 0.6 is 0 Å². The van der Waals surface area contributed by atoms with Crippen LogP contribution in [-0.2, 0) is 11.8 Å². The van der Waals surface area contributed by atoms with Gasteiger partial charge in [0.25, 0.3) is 0 Å². The van der Waals surface area contributed by atoms with E-state index in [2.05, 4.69) is 18.5 Å². The van der Waals surface area contributed by atoms with Gasteiger partial charge in [0.1, 0.15) is 6.10 Å². The standard InChI is InChI=1S/C26H27NO6/c1-14-8-9-26(30)20-13-15-5-7-18(32-24(29)16-4-6-17(28)19(12-16)31-3)22-21(15)25(26,23(14)33-22)10-11-27(20)2/h4-7,12,20,23,28,30H,1,8-11,13H2,2-3H3/t20?,23?,25?,26-/m1/s1. The molecule has 2 fully saturated rings. The van der Waals surface area contributed by atoms with E-state index in [1.165, 1.54) is 25.3 Å². The molecule has 4 atom stereocenters. The number of aliphatic hydroxyl groups is 1. The Morgan fingerprint density at radius 2 is 2.06 bits per heavy atom. The van der Waals surface area contributed by atoms with Gasteiger partial charge in [0.05, 0.1) is 23.7 Å². The van der Waals surface area contributed by atoms with Crippen molar-refractivity contribution in [3.63, 3.8) is 0 Å². The average Bonchev–Trinajstić information content (AvgIpc) is 3.16. The Balaban J connectivity index is 1.45. The molecule has 33 heavy (non-hydrogen) atoms. The minimum absolute atomic E-state index is 0.0155. The highest BCUT2D eigenvalue weighted by molar-refractivity contribution is 5.92. The lowest BCUT2D eigenvalue weighted by Gasteiger charge is -2.62. The second-order valence-electron chi connectivity index (χ2n) is 9.71. The van der Waals surface area contributed by atoms with Gasteiger partial charge in [-0.1, -0.05) is 12.6 Å². The molecular weight excluding hydrogens is 422 g/mol. The van der Waals surface area contributed by atoms with Crippen LogP contribution in [-0.4, -0.2) is 59.5 Å². The zero-order valence-corrected chi connectivity index (χ0v) is 18.8. The molecule has 2 aliphatic heterocycles. The Morgan fingerprint density at radius 3 is 2.85 bits per heavy atom. The number of nitrogens with zero attached hydrogens (tertiary/aromatic N) is 1. The second kappa shape index (κ2) is 6.74. The average molecular weight is 450 g/mol. The number of methoxy groups -OCH3 is 1. The summed E-state index contributed by atoms with van der Waals surface area (Å²) in [6.45, 7) is 5.15. The number of esters is 1. The molecule has 172 valence electrons. The van der Waals surface area contributed by atoms with Crippen molar-refractivity contribution in [1.29, 1.82) is 0 Å². The number of rotatable bonds is 3. The topological polar surface area (TPSA) is 88.5 Å². The summed E-state index contributed by atoms with van der Waals surface area (Å²) in [7, 11) is 3.50. The number of piperidine rings is 1. The van der Waals surface area contributed by atoms with Crippen molar-refractivity contribution >= 4 is 5.97 Å². The quantitative estimate of drug-likeness (QED) is 0.423. The fraction of sp³-hybridized carbons (Fsp3) is 0.423. The molecule has 6 rings (SSSR count). The maximum atomic E-state index is 13.0. The molecule has 7 heteroatoms. The molecule has 2 aromatic carbocycles. The van der Waals surface area contributed by atoms with Gasteiger partial charge in [0.2, 0.25) is 0 Å². The molecule has 2 bridgehead atoms. The molecule has 2 aromatic rings. The summed E-state index contributed by atoms with van der Waals surface area (Å²) >= 11 is 0. The van der Waals surface area contributed by atoms with Gasteiger partial charge in [-0.25, -0.2) is 4.79 Å². The third kappa shape index (κ3) is 2.49. The van der Waals surface area contributed by atoms with Crippen LogP contribution in [0.5, 0.6) is 23.0 Å². The molecule has 0 radical (unpaired) electrons. The van der Waals surface area contributed by atoms with E-state index in [-0.39, 0.29) is 29.2 Å². The van der Waals surface area contributed by atoms with Gasteiger partial charge in [0.15, 0.2) is 23.0 Å². The van der Waals surface area contributed by atoms with Gasteiger partial charge in [0, 0.05) is 11.6 Å². The fourth-order valence-corrected chi connectivity index (χ4v) is 6.70. The van der Waals surface area contributed by atoms with Crippen molar-refractivity contribution in [3.05, 3.63) is 59.2 Å². The first kappa shape index (κ1) is 20.6. The number of phenolic OH excluding ortho intramolecular Hbond substituents is 1. The van der Waals surface area contributed by atoms with Gasteiger partial charge in [-0.2, -0.15) is 0 Å². The van der Waals surface area contributed by atoms with E-state index in [4.69, 9.17) is 14.2 Å². The molecule has 2 heterocycles. The van der Waals surface area contributed by atoms with Crippen LogP contribution < -0.4 is 14.2 Å². The molecule has 3 unspecified atom stereocenters.